The standard InChI is InChI=1S/C20H20ClN3O.ClH/c21-15-3-5-17-18(7-8-22-19(17)12-15)23-16-4-6-20(25)14(11-16)13-24-9-1-2-10-24;/h3-8,11-12,25H,1-2,9-10,13H2,(H,22,23);1H. The molecule has 2 heterocycles. The lowest BCUT2D eigenvalue weighted by Gasteiger charge is -2.17. The molecule has 4 rings (SSSR count). The summed E-state index contributed by atoms with van der Waals surface area (Å²) in [6, 6.07) is 13.3. The van der Waals surface area contributed by atoms with E-state index in [1.165, 1.54) is 12.8 Å². The molecule has 0 radical (unpaired) electrons. The fourth-order valence-corrected chi connectivity index (χ4v) is 3.52. The monoisotopic (exact) mass is 389 g/mol. The zero-order valence-corrected chi connectivity index (χ0v) is 15.9. The van der Waals surface area contributed by atoms with Crippen LogP contribution >= 0.6 is 24.0 Å². The minimum absolute atomic E-state index is 0. The quantitative estimate of drug-likeness (QED) is 0.590. The van der Waals surface area contributed by atoms with Crippen LogP contribution in [0, 0.1) is 0 Å². The van der Waals surface area contributed by atoms with E-state index < -0.39 is 0 Å². The van der Waals surface area contributed by atoms with E-state index in [4.69, 9.17) is 11.6 Å². The van der Waals surface area contributed by atoms with Crippen LogP contribution in [0.5, 0.6) is 5.75 Å². The number of pyridine rings is 1. The molecule has 1 saturated heterocycles. The molecule has 0 amide bonds. The average Bonchev–Trinajstić information content (AvgIpc) is 3.11. The van der Waals surface area contributed by atoms with Crippen LogP contribution < -0.4 is 5.32 Å². The second kappa shape index (κ2) is 8.12. The number of anilines is 2. The van der Waals surface area contributed by atoms with Crippen molar-refractivity contribution in [3.63, 3.8) is 0 Å². The number of nitrogens with one attached hydrogen (secondary N) is 1. The van der Waals surface area contributed by atoms with Crippen molar-refractivity contribution in [2.45, 2.75) is 19.4 Å². The van der Waals surface area contributed by atoms with E-state index in [1.54, 1.807) is 12.3 Å². The number of hydrogen-bond donors (Lipinski definition) is 2. The Morgan fingerprint density at radius 2 is 1.88 bits per heavy atom. The van der Waals surface area contributed by atoms with E-state index in [9.17, 15) is 5.11 Å². The Bertz CT molecular complexity index is 911. The highest BCUT2D eigenvalue weighted by Gasteiger charge is 2.14. The number of hydrogen-bond acceptors (Lipinski definition) is 4. The van der Waals surface area contributed by atoms with E-state index in [0.29, 0.717) is 10.8 Å². The molecule has 0 bridgehead atoms. The second-order valence-corrected chi connectivity index (χ2v) is 6.91. The maximum absolute atomic E-state index is 10.2. The third-order valence-electron chi connectivity index (χ3n) is 4.66. The van der Waals surface area contributed by atoms with Gasteiger partial charge in [0.1, 0.15) is 5.75 Å². The number of phenols is 1. The number of fused-ring (bicyclic) bond motifs is 1. The summed E-state index contributed by atoms with van der Waals surface area (Å²) < 4.78 is 0. The first-order valence-corrected chi connectivity index (χ1v) is 8.92. The molecule has 2 N–H and O–H groups in total. The lowest BCUT2D eigenvalue weighted by molar-refractivity contribution is 0.324. The molecule has 1 aliphatic rings. The molecule has 1 fully saturated rings. The van der Waals surface area contributed by atoms with Crippen molar-refractivity contribution in [3.8, 4) is 5.75 Å². The normalized spacial score (nSPS) is 14.3. The van der Waals surface area contributed by atoms with Gasteiger partial charge in [-0.15, -0.1) is 12.4 Å². The number of halogens is 2. The summed E-state index contributed by atoms with van der Waals surface area (Å²) in [6.07, 6.45) is 4.25. The number of aromatic hydroxyl groups is 1. The van der Waals surface area contributed by atoms with Crippen molar-refractivity contribution < 1.29 is 5.11 Å². The minimum Gasteiger partial charge on any atom is -0.508 e. The van der Waals surface area contributed by atoms with Crippen LogP contribution in [0.25, 0.3) is 10.9 Å². The zero-order valence-electron chi connectivity index (χ0n) is 14.3. The Morgan fingerprint density at radius 1 is 1.08 bits per heavy atom. The maximum atomic E-state index is 10.2. The molecule has 2 aromatic carbocycles. The number of phenolic OH excluding ortho intramolecular Hbond substituents is 1. The Morgan fingerprint density at radius 3 is 2.69 bits per heavy atom. The van der Waals surface area contributed by atoms with Crippen molar-refractivity contribution in [1.29, 1.82) is 0 Å². The van der Waals surface area contributed by atoms with Gasteiger partial charge in [0.15, 0.2) is 0 Å². The van der Waals surface area contributed by atoms with Gasteiger partial charge in [-0.2, -0.15) is 0 Å². The Labute approximate surface area is 164 Å². The first kappa shape index (κ1) is 18.8. The summed E-state index contributed by atoms with van der Waals surface area (Å²) in [5.74, 6) is 0.351. The van der Waals surface area contributed by atoms with E-state index in [1.807, 2.05) is 36.4 Å². The van der Waals surface area contributed by atoms with Crippen molar-refractivity contribution in [1.82, 2.24) is 9.88 Å². The molecular weight excluding hydrogens is 369 g/mol. The van der Waals surface area contributed by atoms with E-state index >= 15 is 0 Å². The Kier molecular flexibility index (Phi) is 5.87. The van der Waals surface area contributed by atoms with Crippen LogP contribution in [-0.4, -0.2) is 28.1 Å². The molecule has 3 aromatic rings. The lowest BCUT2D eigenvalue weighted by Crippen LogP contribution is -2.18. The summed E-state index contributed by atoms with van der Waals surface area (Å²) in [5.41, 5.74) is 3.73. The van der Waals surface area contributed by atoms with Crippen molar-refractivity contribution >= 4 is 46.3 Å². The minimum atomic E-state index is 0. The average molecular weight is 390 g/mol. The largest absolute Gasteiger partial charge is 0.508 e. The number of rotatable bonds is 4. The Hall–Kier alpha value is -2.01. The lowest BCUT2D eigenvalue weighted by atomic mass is 10.1. The summed E-state index contributed by atoms with van der Waals surface area (Å²) >= 11 is 6.06. The van der Waals surface area contributed by atoms with Crippen molar-refractivity contribution in [3.05, 3.63) is 59.2 Å². The van der Waals surface area contributed by atoms with Crippen LogP contribution in [0.2, 0.25) is 5.02 Å². The van der Waals surface area contributed by atoms with Gasteiger partial charge in [0, 0.05) is 40.1 Å². The topological polar surface area (TPSA) is 48.4 Å². The fourth-order valence-electron chi connectivity index (χ4n) is 3.36. The van der Waals surface area contributed by atoms with E-state index in [2.05, 4.69) is 15.2 Å². The molecule has 26 heavy (non-hydrogen) atoms. The van der Waals surface area contributed by atoms with Gasteiger partial charge < -0.3 is 10.4 Å². The first-order chi connectivity index (χ1) is 12.2. The number of likely N-dealkylation sites (tertiary alicyclic amines) is 1. The maximum Gasteiger partial charge on any atom is 0.120 e. The highest BCUT2D eigenvalue weighted by Crippen LogP contribution is 2.30. The van der Waals surface area contributed by atoms with Gasteiger partial charge in [-0.3, -0.25) is 9.88 Å². The predicted molar refractivity (Wildman–Crippen MR) is 110 cm³/mol. The zero-order chi connectivity index (χ0) is 17.2. The van der Waals surface area contributed by atoms with Gasteiger partial charge in [0.05, 0.1) is 5.52 Å². The number of aromatic nitrogens is 1. The van der Waals surface area contributed by atoms with E-state index in [-0.39, 0.29) is 12.4 Å². The fraction of sp³-hybridized carbons (Fsp3) is 0.250. The second-order valence-electron chi connectivity index (χ2n) is 6.47. The van der Waals surface area contributed by atoms with Gasteiger partial charge in [0.25, 0.3) is 0 Å². The summed E-state index contributed by atoms with van der Waals surface area (Å²) in [7, 11) is 0. The Balaban J connectivity index is 0.00000196. The summed E-state index contributed by atoms with van der Waals surface area (Å²) in [6.45, 7) is 2.99. The highest BCUT2D eigenvalue weighted by atomic mass is 35.5. The highest BCUT2D eigenvalue weighted by molar-refractivity contribution is 6.31. The molecule has 0 saturated carbocycles. The van der Waals surface area contributed by atoms with Gasteiger partial charge in [0.2, 0.25) is 0 Å². The molecule has 4 nitrogen and oxygen atoms in total. The molecule has 0 spiro atoms. The van der Waals surface area contributed by atoms with Crippen molar-refractivity contribution in [2.24, 2.45) is 0 Å². The van der Waals surface area contributed by atoms with Crippen molar-refractivity contribution in [2.75, 3.05) is 18.4 Å². The van der Waals surface area contributed by atoms with Crippen LogP contribution in [0.3, 0.4) is 0 Å². The summed E-state index contributed by atoms with van der Waals surface area (Å²) in [5, 5.41) is 15.3. The molecule has 0 atom stereocenters. The number of benzene rings is 2. The summed E-state index contributed by atoms with van der Waals surface area (Å²) in [4.78, 5) is 6.75. The third-order valence-corrected chi connectivity index (χ3v) is 4.89. The molecule has 0 unspecified atom stereocenters. The smallest absolute Gasteiger partial charge is 0.120 e. The van der Waals surface area contributed by atoms with Gasteiger partial charge >= 0.3 is 0 Å². The number of nitrogens with zero attached hydrogens (tertiary/aromatic N) is 2. The molecule has 1 aliphatic heterocycles. The first-order valence-electron chi connectivity index (χ1n) is 8.54. The van der Waals surface area contributed by atoms with Gasteiger partial charge in [-0.25, -0.2) is 0 Å². The molecule has 6 heteroatoms. The van der Waals surface area contributed by atoms with Gasteiger partial charge in [-0.05, 0) is 68.4 Å². The van der Waals surface area contributed by atoms with Crippen LogP contribution in [0.15, 0.2) is 48.7 Å². The predicted octanol–water partition coefficient (Wildman–Crippen LogP) is 5.36. The molecule has 136 valence electrons. The van der Waals surface area contributed by atoms with E-state index in [0.717, 1.165) is 47.5 Å². The molecular formula is C20H21Cl2N3O. The van der Waals surface area contributed by atoms with Crippen LogP contribution in [-0.2, 0) is 6.54 Å². The molecule has 0 aliphatic carbocycles. The van der Waals surface area contributed by atoms with Crippen LogP contribution in [0.4, 0.5) is 11.4 Å². The third kappa shape index (κ3) is 4.04. The van der Waals surface area contributed by atoms with Gasteiger partial charge in [-0.1, -0.05) is 11.6 Å². The SMILES string of the molecule is Cl.Oc1ccc(Nc2ccnc3cc(Cl)ccc23)cc1CN1CCCC1. The molecule has 1 aromatic heterocycles. The van der Waals surface area contributed by atoms with Crippen LogP contribution in [0.1, 0.15) is 18.4 Å².